The van der Waals surface area contributed by atoms with E-state index in [2.05, 4.69) is 36.5 Å². The van der Waals surface area contributed by atoms with E-state index < -0.39 is 0 Å². The van der Waals surface area contributed by atoms with Crippen molar-refractivity contribution in [1.29, 1.82) is 0 Å². The van der Waals surface area contributed by atoms with Gasteiger partial charge in [-0.2, -0.15) is 0 Å². The first-order chi connectivity index (χ1) is 19.5. The maximum atomic E-state index is 6.32. The molecule has 6 unspecified atom stereocenters. The van der Waals surface area contributed by atoms with Gasteiger partial charge in [0.15, 0.2) is 0 Å². The molecule has 0 amide bonds. The number of unbranched alkanes of at least 4 members (excludes halogenated alkanes) is 3. The second kappa shape index (κ2) is 18.7. The third kappa shape index (κ3) is 10.5. The number of rotatable bonds is 16. The van der Waals surface area contributed by atoms with Crippen LogP contribution in [0, 0.1) is 17.8 Å². The molecule has 3 fully saturated rings. The van der Waals surface area contributed by atoms with Gasteiger partial charge in [-0.1, -0.05) is 44.1 Å². The van der Waals surface area contributed by atoms with E-state index in [1.165, 1.54) is 32.1 Å². The lowest BCUT2D eigenvalue weighted by Gasteiger charge is -2.39. The van der Waals surface area contributed by atoms with Crippen LogP contribution in [0.4, 0.5) is 0 Å². The molecule has 0 aromatic heterocycles. The average molecular weight is 566 g/mol. The fourth-order valence-electron chi connectivity index (χ4n) is 6.98. The third-order valence-electron chi connectivity index (χ3n) is 9.50. The fourth-order valence-corrected chi connectivity index (χ4v) is 6.98. The normalized spacial score (nSPS) is 37.5. The summed E-state index contributed by atoms with van der Waals surface area (Å²) in [5, 5.41) is 3.87. The molecular formula is C33H59NO6. The number of methoxy groups -OCH3 is 5. The van der Waals surface area contributed by atoms with Crippen LogP contribution in [0.2, 0.25) is 0 Å². The first-order valence-electron chi connectivity index (χ1n) is 15.9. The molecule has 40 heavy (non-hydrogen) atoms. The Morgan fingerprint density at radius 3 is 1.55 bits per heavy atom. The smallest absolute Gasteiger partial charge is 0.110 e. The molecule has 2 saturated carbocycles. The first-order valence-corrected chi connectivity index (χ1v) is 15.9. The molecule has 1 heterocycles. The highest BCUT2D eigenvalue weighted by atomic mass is 16.6. The maximum Gasteiger partial charge on any atom is 0.110 e. The van der Waals surface area contributed by atoms with Crippen molar-refractivity contribution in [2.24, 2.45) is 17.8 Å². The van der Waals surface area contributed by atoms with E-state index in [4.69, 9.17) is 28.4 Å². The monoisotopic (exact) mass is 565 g/mol. The Kier molecular flexibility index (Phi) is 15.7. The average Bonchev–Trinajstić information content (AvgIpc) is 2.99. The van der Waals surface area contributed by atoms with E-state index in [-0.39, 0.29) is 30.5 Å². The number of ether oxygens (including phenoxy) is 6. The summed E-state index contributed by atoms with van der Waals surface area (Å²) in [5.74, 6) is 1.38. The third-order valence-corrected chi connectivity index (χ3v) is 9.50. The molecule has 7 nitrogen and oxygen atoms in total. The zero-order chi connectivity index (χ0) is 28.7. The van der Waals surface area contributed by atoms with Crippen molar-refractivity contribution in [1.82, 2.24) is 5.32 Å². The fraction of sp³-hybridized carbons (Fsp3) is 0.879. The summed E-state index contributed by atoms with van der Waals surface area (Å²) in [7, 11) is 9.03. The van der Waals surface area contributed by atoms with Crippen LogP contribution >= 0.6 is 0 Å². The zero-order valence-corrected chi connectivity index (χ0v) is 26.2. The Balaban J connectivity index is 1.46. The molecule has 0 bridgehead atoms. The molecule has 0 spiro atoms. The van der Waals surface area contributed by atoms with Gasteiger partial charge in [0.2, 0.25) is 0 Å². The van der Waals surface area contributed by atoms with Gasteiger partial charge in [-0.3, -0.25) is 0 Å². The SMILES string of the molecule is COCCCCCCOC1C(OC)CC(/C=C/C2CCCC(/C=C/C3CC(OC)C(C)C(OC)C3)N2)CC1OC. The Morgan fingerprint density at radius 2 is 1.07 bits per heavy atom. The van der Waals surface area contributed by atoms with Gasteiger partial charge in [-0.25, -0.2) is 0 Å². The molecule has 1 N–H and O–H groups in total. The highest BCUT2D eigenvalue weighted by Gasteiger charge is 2.38. The molecule has 0 aromatic rings. The zero-order valence-electron chi connectivity index (χ0n) is 26.2. The number of hydrogen-bond donors (Lipinski definition) is 1. The van der Waals surface area contributed by atoms with Gasteiger partial charge in [-0.05, 0) is 69.6 Å². The molecule has 1 saturated heterocycles. The molecule has 3 rings (SSSR count). The molecule has 0 radical (unpaired) electrons. The van der Waals surface area contributed by atoms with Crippen LogP contribution < -0.4 is 5.32 Å². The quantitative estimate of drug-likeness (QED) is 0.190. The van der Waals surface area contributed by atoms with E-state index in [0.29, 0.717) is 29.8 Å². The Morgan fingerprint density at radius 1 is 0.600 bits per heavy atom. The van der Waals surface area contributed by atoms with E-state index in [1.807, 2.05) is 14.2 Å². The van der Waals surface area contributed by atoms with Crippen molar-refractivity contribution in [3.63, 3.8) is 0 Å². The molecule has 0 aromatic carbocycles. The minimum atomic E-state index is -0.000801. The van der Waals surface area contributed by atoms with E-state index >= 15 is 0 Å². The summed E-state index contributed by atoms with van der Waals surface area (Å²) >= 11 is 0. The highest BCUT2D eigenvalue weighted by Crippen LogP contribution is 2.34. The molecule has 2 aliphatic carbocycles. The van der Waals surface area contributed by atoms with Crippen LogP contribution in [0.25, 0.3) is 0 Å². The second-order valence-corrected chi connectivity index (χ2v) is 12.2. The molecule has 7 heteroatoms. The maximum absolute atomic E-state index is 6.32. The molecule has 1 aliphatic heterocycles. The standard InChI is InChI=1S/C33H59NO6/c1-24-29(36-3)20-25(21-30(24)37-4)14-16-27-12-11-13-28(34-27)17-15-26-22-31(38-5)33(32(23-26)39-6)40-19-10-8-7-9-18-35-2/h14-17,24-34H,7-13,18-23H2,1-6H3/b16-14+,17-15+. The Hall–Kier alpha value is -0.800. The van der Waals surface area contributed by atoms with Gasteiger partial charge in [0, 0.05) is 66.8 Å². The predicted octanol–water partition coefficient (Wildman–Crippen LogP) is 5.72. The summed E-state index contributed by atoms with van der Waals surface area (Å²) in [5.41, 5.74) is 0. The van der Waals surface area contributed by atoms with Crippen LogP contribution in [0.5, 0.6) is 0 Å². The second-order valence-electron chi connectivity index (χ2n) is 12.2. The van der Waals surface area contributed by atoms with E-state index in [0.717, 1.165) is 51.7 Å². The first kappa shape index (κ1) is 33.7. The highest BCUT2D eigenvalue weighted by molar-refractivity contribution is 5.07. The molecular weight excluding hydrogens is 506 g/mol. The molecule has 3 aliphatic rings. The summed E-state index contributed by atoms with van der Waals surface area (Å²) < 4.78 is 34.8. The predicted molar refractivity (Wildman–Crippen MR) is 161 cm³/mol. The largest absolute Gasteiger partial charge is 0.385 e. The topological polar surface area (TPSA) is 67.4 Å². The van der Waals surface area contributed by atoms with Crippen molar-refractivity contribution in [2.45, 2.75) is 120 Å². The Labute approximate surface area is 244 Å². The summed E-state index contributed by atoms with van der Waals surface area (Å²) in [6, 6.07) is 0.823. The van der Waals surface area contributed by atoms with Crippen molar-refractivity contribution in [3.8, 4) is 0 Å². The molecule has 6 atom stereocenters. The number of piperidine rings is 1. The minimum absolute atomic E-state index is 0.000801. The van der Waals surface area contributed by atoms with Gasteiger partial charge < -0.3 is 33.7 Å². The van der Waals surface area contributed by atoms with Crippen LogP contribution in [-0.4, -0.2) is 91.4 Å². The van der Waals surface area contributed by atoms with Crippen LogP contribution in [0.1, 0.15) is 77.6 Å². The van der Waals surface area contributed by atoms with Crippen molar-refractivity contribution in [2.75, 3.05) is 48.8 Å². The van der Waals surface area contributed by atoms with Crippen LogP contribution in [0.15, 0.2) is 24.3 Å². The van der Waals surface area contributed by atoms with Crippen molar-refractivity contribution < 1.29 is 28.4 Å². The van der Waals surface area contributed by atoms with Crippen LogP contribution in [-0.2, 0) is 28.4 Å². The van der Waals surface area contributed by atoms with Gasteiger partial charge in [0.05, 0.1) is 24.4 Å². The van der Waals surface area contributed by atoms with E-state index in [1.54, 1.807) is 21.3 Å². The lowest BCUT2D eigenvalue weighted by molar-refractivity contribution is -0.149. The summed E-state index contributed by atoms with van der Waals surface area (Å²) in [4.78, 5) is 0. The summed E-state index contributed by atoms with van der Waals surface area (Å²) in [6.07, 6.45) is 22.5. The number of allylic oxidation sites excluding steroid dienone is 2. The van der Waals surface area contributed by atoms with Crippen molar-refractivity contribution >= 4 is 0 Å². The van der Waals surface area contributed by atoms with Gasteiger partial charge >= 0.3 is 0 Å². The molecule has 232 valence electrons. The number of nitrogens with one attached hydrogen (secondary N) is 1. The lowest BCUT2D eigenvalue weighted by atomic mass is 9.78. The number of hydrogen-bond acceptors (Lipinski definition) is 7. The van der Waals surface area contributed by atoms with Crippen LogP contribution in [0.3, 0.4) is 0 Å². The van der Waals surface area contributed by atoms with E-state index in [9.17, 15) is 0 Å². The van der Waals surface area contributed by atoms with Gasteiger partial charge in [0.1, 0.15) is 6.10 Å². The van der Waals surface area contributed by atoms with Gasteiger partial charge in [-0.15, -0.1) is 0 Å². The summed E-state index contributed by atoms with van der Waals surface area (Å²) in [6.45, 7) is 3.85. The van der Waals surface area contributed by atoms with Crippen molar-refractivity contribution in [3.05, 3.63) is 24.3 Å². The Bertz CT molecular complexity index is 704. The van der Waals surface area contributed by atoms with Gasteiger partial charge in [0.25, 0.3) is 0 Å². The lowest BCUT2D eigenvalue weighted by Crippen LogP contribution is -2.48. The minimum Gasteiger partial charge on any atom is -0.385 e.